The third kappa shape index (κ3) is 3.71. The number of aryl methyl sites for hydroxylation is 1. The van der Waals surface area contributed by atoms with Crippen molar-refractivity contribution >= 4 is 11.7 Å². The number of carbonyl (C=O) groups excluding carboxylic acids is 1. The summed E-state index contributed by atoms with van der Waals surface area (Å²) >= 11 is 0. The van der Waals surface area contributed by atoms with Crippen molar-refractivity contribution in [3.05, 3.63) is 23.8 Å². The van der Waals surface area contributed by atoms with Gasteiger partial charge in [0.05, 0.1) is 0 Å². The van der Waals surface area contributed by atoms with Gasteiger partial charge in [0.25, 0.3) is 11.7 Å². The first-order valence-corrected chi connectivity index (χ1v) is 6.86. The van der Waals surface area contributed by atoms with Gasteiger partial charge >= 0.3 is 6.18 Å². The molecule has 2 rings (SSSR count). The average Bonchev–Trinajstić information content (AvgIpc) is 2.87. The topological polar surface area (TPSA) is 63.4 Å². The van der Waals surface area contributed by atoms with Crippen LogP contribution in [0.2, 0.25) is 0 Å². The van der Waals surface area contributed by atoms with Gasteiger partial charge in [0.1, 0.15) is 6.54 Å². The van der Waals surface area contributed by atoms with Gasteiger partial charge in [-0.15, -0.1) is 5.10 Å². The highest BCUT2D eigenvalue weighted by Gasteiger charge is 2.34. The van der Waals surface area contributed by atoms with Crippen LogP contribution in [0.15, 0.2) is 12.3 Å². The van der Waals surface area contributed by atoms with E-state index in [0.717, 1.165) is 4.90 Å². The normalized spacial score (nSPS) is 11.9. The number of halogens is 3. The van der Waals surface area contributed by atoms with Crippen molar-refractivity contribution in [3.8, 4) is 0 Å². The summed E-state index contributed by atoms with van der Waals surface area (Å²) in [6, 6.07) is 1.67. The SMILES string of the molecule is CCCCN(CC(F)(F)F)C(=O)c1nc2nccc(C)n2n1. The monoisotopic (exact) mass is 315 g/mol. The molecule has 0 aliphatic carbocycles. The zero-order chi connectivity index (χ0) is 16.3. The number of carbonyl (C=O) groups is 1. The highest BCUT2D eigenvalue weighted by molar-refractivity contribution is 5.90. The summed E-state index contributed by atoms with van der Waals surface area (Å²) < 4.78 is 39.2. The molecular weight excluding hydrogens is 299 g/mol. The lowest BCUT2D eigenvalue weighted by molar-refractivity contribution is -0.140. The largest absolute Gasteiger partial charge is 0.406 e. The standard InChI is InChI=1S/C13H16F3N5O/c1-3-4-7-20(8-13(14,15)16)11(22)10-18-12-17-6-5-9(2)21(12)19-10/h5-6H,3-4,7-8H2,1-2H3. The minimum Gasteiger partial charge on any atom is -0.327 e. The Morgan fingerprint density at radius 2 is 2.14 bits per heavy atom. The predicted octanol–water partition coefficient (Wildman–Crippen LogP) is 2.24. The van der Waals surface area contributed by atoms with Gasteiger partial charge in [0.15, 0.2) is 0 Å². The summed E-state index contributed by atoms with van der Waals surface area (Å²) in [7, 11) is 0. The second-order valence-electron chi connectivity index (χ2n) is 4.93. The van der Waals surface area contributed by atoms with E-state index in [1.54, 1.807) is 13.0 Å². The second-order valence-corrected chi connectivity index (χ2v) is 4.93. The molecule has 0 aromatic carbocycles. The maximum Gasteiger partial charge on any atom is 0.406 e. The van der Waals surface area contributed by atoms with Gasteiger partial charge in [-0.2, -0.15) is 18.2 Å². The molecule has 0 N–H and O–H groups in total. The number of hydrogen-bond acceptors (Lipinski definition) is 4. The van der Waals surface area contributed by atoms with Crippen molar-refractivity contribution in [1.82, 2.24) is 24.5 Å². The highest BCUT2D eigenvalue weighted by Crippen LogP contribution is 2.18. The molecule has 0 spiro atoms. The lowest BCUT2D eigenvalue weighted by Gasteiger charge is -2.22. The van der Waals surface area contributed by atoms with Crippen LogP contribution in [-0.4, -0.2) is 49.7 Å². The number of unbranched alkanes of at least 4 members (excludes halogenated alkanes) is 1. The van der Waals surface area contributed by atoms with Crippen molar-refractivity contribution in [2.75, 3.05) is 13.1 Å². The van der Waals surface area contributed by atoms with Gasteiger partial charge in [-0.1, -0.05) is 13.3 Å². The van der Waals surface area contributed by atoms with Crippen LogP contribution in [0.4, 0.5) is 13.2 Å². The number of fused-ring (bicyclic) bond motifs is 1. The summed E-state index contributed by atoms with van der Waals surface area (Å²) in [5.74, 6) is -0.927. The maximum atomic E-state index is 12.6. The predicted molar refractivity (Wildman–Crippen MR) is 72.4 cm³/mol. The molecule has 1 amide bonds. The third-order valence-corrected chi connectivity index (χ3v) is 3.06. The van der Waals surface area contributed by atoms with Crippen LogP contribution in [0.1, 0.15) is 36.1 Å². The van der Waals surface area contributed by atoms with Crippen LogP contribution >= 0.6 is 0 Å². The second kappa shape index (κ2) is 6.29. The van der Waals surface area contributed by atoms with Crippen molar-refractivity contribution in [2.24, 2.45) is 0 Å². The summed E-state index contributed by atoms with van der Waals surface area (Å²) in [5.41, 5.74) is 0.687. The molecule has 2 aromatic rings. The van der Waals surface area contributed by atoms with E-state index in [9.17, 15) is 18.0 Å². The zero-order valence-corrected chi connectivity index (χ0v) is 12.3. The summed E-state index contributed by atoms with van der Waals surface area (Å²) in [4.78, 5) is 20.9. The first-order valence-electron chi connectivity index (χ1n) is 6.86. The van der Waals surface area contributed by atoms with Crippen molar-refractivity contribution in [2.45, 2.75) is 32.9 Å². The van der Waals surface area contributed by atoms with E-state index in [0.29, 0.717) is 18.5 Å². The van der Waals surface area contributed by atoms with Crippen LogP contribution in [0.25, 0.3) is 5.78 Å². The quantitative estimate of drug-likeness (QED) is 0.849. The van der Waals surface area contributed by atoms with E-state index in [-0.39, 0.29) is 18.1 Å². The molecule has 0 unspecified atom stereocenters. The Morgan fingerprint density at radius 3 is 2.73 bits per heavy atom. The Kier molecular flexibility index (Phi) is 4.62. The van der Waals surface area contributed by atoms with Gasteiger partial charge < -0.3 is 4.90 Å². The fourth-order valence-electron chi connectivity index (χ4n) is 1.96. The van der Waals surface area contributed by atoms with Crippen LogP contribution in [0.3, 0.4) is 0 Å². The highest BCUT2D eigenvalue weighted by atomic mass is 19.4. The van der Waals surface area contributed by atoms with Crippen LogP contribution in [0.5, 0.6) is 0 Å². The molecule has 0 saturated carbocycles. The first-order chi connectivity index (χ1) is 10.3. The lowest BCUT2D eigenvalue weighted by atomic mass is 10.3. The molecule has 6 nitrogen and oxygen atoms in total. The fourth-order valence-corrected chi connectivity index (χ4v) is 1.96. The average molecular weight is 315 g/mol. The number of nitrogens with zero attached hydrogens (tertiary/aromatic N) is 5. The molecule has 9 heteroatoms. The molecule has 0 radical (unpaired) electrons. The molecule has 0 saturated heterocycles. The van der Waals surface area contributed by atoms with E-state index < -0.39 is 18.6 Å². The minimum absolute atomic E-state index is 0.0107. The van der Waals surface area contributed by atoms with Gasteiger partial charge in [0.2, 0.25) is 5.82 Å². The molecule has 22 heavy (non-hydrogen) atoms. The van der Waals surface area contributed by atoms with Crippen LogP contribution in [0, 0.1) is 6.92 Å². The number of alkyl halides is 3. The zero-order valence-electron chi connectivity index (χ0n) is 12.3. The Morgan fingerprint density at radius 1 is 1.41 bits per heavy atom. The number of aromatic nitrogens is 4. The smallest absolute Gasteiger partial charge is 0.327 e. The Hall–Kier alpha value is -2.19. The Balaban J connectivity index is 2.29. The Labute approximate surface area is 125 Å². The number of amides is 1. The van der Waals surface area contributed by atoms with Crippen LogP contribution < -0.4 is 0 Å². The third-order valence-electron chi connectivity index (χ3n) is 3.06. The fraction of sp³-hybridized carbons (Fsp3) is 0.538. The summed E-state index contributed by atoms with van der Waals surface area (Å²) in [6.07, 6.45) is -1.80. The van der Waals surface area contributed by atoms with E-state index in [1.807, 2.05) is 6.92 Å². The van der Waals surface area contributed by atoms with E-state index in [1.165, 1.54) is 10.7 Å². The Bertz CT molecular complexity index is 667. The van der Waals surface area contributed by atoms with Gasteiger partial charge in [-0.3, -0.25) is 4.79 Å². The van der Waals surface area contributed by atoms with E-state index >= 15 is 0 Å². The molecular formula is C13H16F3N5O. The minimum atomic E-state index is -4.46. The first kappa shape index (κ1) is 16.2. The van der Waals surface area contributed by atoms with Crippen molar-refractivity contribution in [1.29, 1.82) is 0 Å². The molecule has 0 bridgehead atoms. The molecule has 120 valence electrons. The van der Waals surface area contributed by atoms with E-state index in [4.69, 9.17) is 0 Å². The lowest BCUT2D eigenvalue weighted by Crippen LogP contribution is -2.40. The number of rotatable bonds is 5. The van der Waals surface area contributed by atoms with Gasteiger partial charge in [-0.05, 0) is 19.4 Å². The van der Waals surface area contributed by atoms with Crippen molar-refractivity contribution < 1.29 is 18.0 Å². The van der Waals surface area contributed by atoms with Gasteiger partial charge in [-0.25, -0.2) is 9.50 Å². The molecule has 0 atom stereocenters. The maximum absolute atomic E-state index is 12.6. The summed E-state index contributed by atoms with van der Waals surface area (Å²) in [5, 5.41) is 3.96. The molecule has 2 heterocycles. The number of hydrogen-bond donors (Lipinski definition) is 0. The molecule has 0 fully saturated rings. The van der Waals surface area contributed by atoms with Crippen molar-refractivity contribution in [3.63, 3.8) is 0 Å². The summed E-state index contributed by atoms with van der Waals surface area (Å²) in [6.45, 7) is 2.28. The molecule has 0 aliphatic heterocycles. The van der Waals surface area contributed by atoms with Gasteiger partial charge in [0, 0.05) is 18.4 Å². The molecule has 0 aliphatic rings. The van der Waals surface area contributed by atoms with E-state index in [2.05, 4.69) is 15.1 Å². The van der Waals surface area contributed by atoms with Crippen LogP contribution in [-0.2, 0) is 0 Å². The molecule has 2 aromatic heterocycles.